The second kappa shape index (κ2) is 4.45. The van der Waals surface area contributed by atoms with Gasteiger partial charge in [-0.3, -0.25) is 10.1 Å². The van der Waals surface area contributed by atoms with Crippen LogP contribution in [0.1, 0.15) is 51.4 Å². The van der Waals surface area contributed by atoms with Crippen LogP contribution >= 0.6 is 0 Å². The fourth-order valence-electron chi connectivity index (χ4n) is 4.23. The van der Waals surface area contributed by atoms with E-state index in [0.717, 1.165) is 38.9 Å². The third-order valence-electron chi connectivity index (χ3n) is 5.49. The molecule has 0 bridgehead atoms. The lowest BCUT2D eigenvalue weighted by Gasteiger charge is -2.37. The number of carbonyl (C=O) groups excluding carboxylic acids is 1. The first-order valence-electron chi connectivity index (χ1n) is 7.98. The SMILES string of the molecule is O=C1N(C2CCCOC2)C(C2CCCC2)NC12CC2. The Bertz CT molecular complexity index is 368. The molecule has 2 atom stereocenters. The highest BCUT2D eigenvalue weighted by atomic mass is 16.5. The minimum absolute atomic E-state index is 0.162. The van der Waals surface area contributed by atoms with Gasteiger partial charge in [0.05, 0.1) is 24.4 Å². The van der Waals surface area contributed by atoms with E-state index in [0.29, 0.717) is 24.0 Å². The minimum atomic E-state index is -0.162. The monoisotopic (exact) mass is 264 g/mol. The van der Waals surface area contributed by atoms with E-state index in [9.17, 15) is 4.79 Å². The number of rotatable bonds is 2. The molecule has 0 aromatic carbocycles. The van der Waals surface area contributed by atoms with Gasteiger partial charge in [-0.05, 0) is 44.4 Å². The van der Waals surface area contributed by atoms with E-state index >= 15 is 0 Å². The molecule has 106 valence electrons. The molecule has 19 heavy (non-hydrogen) atoms. The second-order valence-electron chi connectivity index (χ2n) is 6.80. The van der Waals surface area contributed by atoms with Crippen molar-refractivity contribution in [3.8, 4) is 0 Å². The Balaban J connectivity index is 1.58. The Labute approximate surface area is 114 Å². The summed E-state index contributed by atoms with van der Waals surface area (Å²) >= 11 is 0. The molecule has 2 aliphatic carbocycles. The molecule has 4 nitrogen and oxygen atoms in total. The number of nitrogens with zero attached hydrogens (tertiary/aromatic N) is 1. The average molecular weight is 264 g/mol. The summed E-state index contributed by atoms with van der Waals surface area (Å²) in [5, 5.41) is 3.70. The fourth-order valence-corrected chi connectivity index (χ4v) is 4.23. The lowest BCUT2D eigenvalue weighted by Crippen LogP contribution is -2.50. The zero-order valence-electron chi connectivity index (χ0n) is 11.6. The van der Waals surface area contributed by atoms with Crippen molar-refractivity contribution in [1.29, 1.82) is 0 Å². The summed E-state index contributed by atoms with van der Waals surface area (Å²) in [7, 11) is 0. The van der Waals surface area contributed by atoms with Crippen LogP contribution in [0.15, 0.2) is 0 Å². The maximum atomic E-state index is 12.8. The molecule has 1 amide bonds. The second-order valence-corrected chi connectivity index (χ2v) is 6.80. The highest BCUT2D eigenvalue weighted by Gasteiger charge is 2.61. The number of carbonyl (C=O) groups is 1. The summed E-state index contributed by atoms with van der Waals surface area (Å²) in [6.07, 6.45) is 9.82. The van der Waals surface area contributed by atoms with E-state index in [1.807, 2.05) is 0 Å². The van der Waals surface area contributed by atoms with Crippen molar-refractivity contribution in [3.05, 3.63) is 0 Å². The number of hydrogen-bond donors (Lipinski definition) is 1. The van der Waals surface area contributed by atoms with Gasteiger partial charge in [0, 0.05) is 6.61 Å². The molecule has 0 aromatic rings. The van der Waals surface area contributed by atoms with Crippen LogP contribution in [0.25, 0.3) is 0 Å². The summed E-state index contributed by atoms with van der Waals surface area (Å²) in [6.45, 7) is 1.61. The van der Waals surface area contributed by atoms with Crippen LogP contribution in [-0.4, -0.2) is 41.8 Å². The first kappa shape index (κ1) is 12.2. The molecule has 4 fully saturated rings. The van der Waals surface area contributed by atoms with Crippen LogP contribution in [0.5, 0.6) is 0 Å². The van der Waals surface area contributed by atoms with Gasteiger partial charge in [0.25, 0.3) is 0 Å². The Kier molecular flexibility index (Phi) is 2.85. The lowest BCUT2D eigenvalue weighted by atomic mass is 10.0. The molecule has 1 N–H and O–H groups in total. The number of nitrogens with one attached hydrogen (secondary N) is 1. The van der Waals surface area contributed by atoms with Crippen molar-refractivity contribution in [3.63, 3.8) is 0 Å². The number of ether oxygens (including phenoxy) is 1. The maximum Gasteiger partial charge on any atom is 0.244 e. The third kappa shape index (κ3) is 1.91. The molecule has 2 saturated carbocycles. The van der Waals surface area contributed by atoms with Crippen LogP contribution in [0.4, 0.5) is 0 Å². The molecular weight excluding hydrogens is 240 g/mol. The molecule has 2 saturated heterocycles. The van der Waals surface area contributed by atoms with Crippen molar-refractivity contribution in [2.75, 3.05) is 13.2 Å². The molecule has 0 aromatic heterocycles. The van der Waals surface area contributed by atoms with Crippen LogP contribution in [0, 0.1) is 5.92 Å². The Morgan fingerprint density at radius 2 is 1.95 bits per heavy atom. The number of hydrogen-bond acceptors (Lipinski definition) is 3. The first-order valence-corrected chi connectivity index (χ1v) is 7.98. The number of amides is 1. The topological polar surface area (TPSA) is 41.6 Å². The minimum Gasteiger partial charge on any atom is -0.379 e. The zero-order valence-corrected chi connectivity index (χ0v) is 11.6. The van der Waals surface area contributed by atoms with Gasteiger partial charge in [-0.25, -0.2) is 0 Å². The van der Waals surface area contributed by atoms with E-state index in [1.165, 1.54) is 25.7 Å². The Morgan fingerprint density at radius 3 is 2.58 bits per heavy atom. The Morgan fingerprint density at radius 1 is 1.16 bits per heavy atom. The lowest BCUT2D eigenvalue weighted by molar-refractivity contribution is -0.136. The van der Waals surface area contributed by atoms with Crippen LogP contribution < -0.4 is 5.32 Å². The van der Waals surface area contributed by atoms with Gasteiger partial charge in [0.1, 0.15) is 0 Å². The quantitative estimate of drug-likeness (QED) is 0.824. The van der Waals surface area contributed by atoms with Crippen LogP contribution in [0.3, 0.4) is 0 Å². The molecular formula is C15H24N2O2. The molecule has 4 rings (SSSR count). The van der Waals surface area contributed by atoms with E-state index in [2.05, 4.69) is 10.2 Å². The van der Waals surface area contributed by atoms with E-state index in [1.54, 1.807) is 0 Å². The van der Waals surface area contributed by atoms with Gasteiger partial charge in [-0.15, -0.1) is 0 Å². The average Bonchev–Trinajstić information content (AvgIpc) is 2.92. The molecule has 4 heteroatoms. The molecule has 1 spiro atoms. The molecule has 2 unspecified atom stereocenters. The maximum absolute atomic E-state index is 12.8. The largest absolute Gasteiger partial charge is 0.379 e. The smallest absolute Gasteiger partial charge is 0.244 e. The first-order chi connectivity index (χ1) is 9.30. The van der Waals surface area contributed by atoms with Crippen molar-refractivity contribution < 1.29 is 9.53 Å². The van der Waals surface area contributed by atoms with Crippen LogP contribution in [-0.2, 0) is 9.53 Å². The van der Waals surface area contributed by atoms with Crippen molar-refractivity contribution in [1.82, 2.24) is 10.2 Å². The summed E-state index contributed by atoms with van der Waals surface area (Å²) in [5.74, 6) is 1.05. The molecule has 0 radical (unpaired) electrons. The molecule has 4 aliphatic rings. The van der Waals surface area contributed by atoms with E-state index in [-0.39, 0.29) is 5.54 Å². The van der Waals surface area contributed by atoms with Gasteiger partial charge >= 0.3 is 0 Å². The predicted octanol–water partition coefficient (Wildman–Crippen LogP) is 1.65. The third-order valence-corrected chi connectivity index (χ3v) is 5.49. The summed E-state index contributed by atoms with van der Waals surface area (Å²) in [6, 6.07) is 0.319. The van der Waals surface area contributed by atoms with Gasteiger partial charge in [0.15, 0.2) is 0 Å². The van der Waals surface area contributed by atoms with E-state index in [4.69, 9.17) is 4.74 Å². The fraction of sp³-hybridized carbons (Fsp3) is 0.933. The van der Waals surface area contributed by atoms with Crippen molar-refractivity contribution >= 4 is 5.91 Å². The Hall–Kier alpha value is -0.610. The molecule has 2 aliphatic heterocycles. The normalized spacial score (nSPS) is 38.3. The summed E-state index contributed by atoms with van der Waals surface area (Å²) in [5.41, 5.74) is -0.162. The highest BCUT2D eigenvalue weighted by Crippen LogP contribution is 2.46. The van der Waals surface area contributed by atoms with Crippen molar-refractivity contribution in [2.24, 2.45) is 5.92 Å². The van der Waals surface area contributed by atoms with Crippen molar-refractivity contribution in [2.45, 2.75) is 69.1 Å². The van der Waals surface area contributed by atoms with Gasteiger partial charge < -0.3 is 9.64 Å². The highest BCUT2D eigenvalue weighted by molar-refractivity contribution is 5.92. The standard InChI is InChI=1S/C15H24N2O2/c18-14-15(7-8-15)16-13(11-4-1-2-5-11)17(14)12-6-3-9-19-10-12/h11-13,16H,1-10H2. The van der Waals surface area contributed by atoms with E-state index < -0.39 is 0 Å². The van der Waals surface area contributed by atoms with Gasteiger partial charge in [-0.2, -0.15) is 0 Å². The summed E-state index contributed by atoms with van der Waals surface area (Å²) < 4.78 is 5.62. The zero-order chi connectivity index (χ0) is 12.9. The van der Waals surface area contributed by atoms with Crippen LogP contribution in [0.2, 0.25) is 0 Å². The predicted molar refractivity (Wildman–Crippen MR) is 71.5 cm³/mol. The summed E-state index contributed by atoms with van der Waals surface area (Å²) in [4.78, 5) is 15.0. The molecule has 2 heterocycles. The van der Waals surface area contributed by atoms with Gasteiger partial charge in [0.2, 0.25) is 5.91 Å². The van der Waals surface area contributed by atoms with Gasteiger partial charge in [-0.1, -0.05) is 12.8 Å².